The van der Waals surface area contributed by atoms with E-state index < -0.39 is 0 Å². The molecule has 0 spiro atoms. The predicted molar refractivity (Wildman–Crippen MR) is 133 cm³/mol. The molecule has 0 bridgehead atoms. The molecule has 176 valence electrons. The van der Waals surface area contributed by atoms with Crippen LogP contribution in [0.3, 0.4) is 0 Å². The summed E-state index contributed by atoms with van der Waals surface area (Å²) in [5, 5.41) is 7.64. The van der Waals surface area contributed by atoms with Gasteiger partial charge in [0.25, 0.3) is 5.91 Å². The van der Waals surface area contributed by atoms with Gasteiger partial charge in [-0.1, -0.05) is 24.3 Å². The van der Waals surface area contributed by atoms with E-state index in [0.29, 0.717) is 55.2 Å². The Morgan fingerprint density at radius 3 is 2.21 bits per heavy atom. The molecule has 0 unspecified atom stereocenters. The number of para-hydroxylation sites is 1. The van der Waals surface area contributed by atoms with Gasteiger partial charge in [-0.3, -0.25) is 14.4 Å². The molecule has 0 atom stereocenters. The van der Waals surface area contributed by atoms with Gasteiger partial charge in [0.2, 0.25) is 11.8 Å². The van der Waals surface area contributed by atoms with Crippen molar-refractivity contribution in [1.82, 2.24) is 4.90 Å². The number of nitrogens with one attached hydrogen (secondary N) is 2. The summed E-state index contributed by atoms with van der Waals surface area (Å²) in [4.78, 5) is 39.7. The largest absolute Gasteiger partial charge is 0.493 e. The Morgan fingerprint density at radius 2 is 1.56 bits per heavy atom. The van der Waals surface area contributed by atoms with Crippen LogP contribution in [-0.4, -0.2) is 42.3 Å². The van der Waals surface area contributed by atoms with E-state index in [1.54, 1.807) is 30.3 Å². The summed E-state index contributed by atoms with van der Waals surface area (Å²) < 4.78 is 5.61. The molecule has 1 fully saturated rings. The summed E-state index contributed by atoms with van der Waals surface area (Å²) in [6, 6.07) is 20.1. The zero-order valence-electron chi connectivity index (χ0n) is 18.7. The molecule has 1 aromatic heterocycles. The Kier molecular flexibility index (Phi) is 7.93. The first-order valence-corrected chi connectivity index (χ1v) is 12.2. The van der Waals surface area contributed by atoms with E-state index in [-0.39, 0.29) is 23.6 Å². The highest BCUT2D eigenvalue weighted by atomic mass is 32.1. The Balaban J connectivity index is 1.18. The monoisotopic (exact) mass is 477 g/mol. The number of ether oxygens (including phenoxy) is 1. The Bertz CT molecular complexity index is 1090. The second-order valence-corrected chi connectivity index (χ2v) is 9.01. The van der Waals surface area contributed by atoms with Crippen LogP contribution in [0, 0.1) is 5.92 Å². The predicted octanol–water partition coefficient (Wildman–Crippen LogP) is 4.65. The van der Waals surface area contributed by atoms with Gasteiger partial charge in [-0.15, -0.1) is 11.3 Å². The van der Waals surface area contributed by atoms with E-state index in [2.05, 4.69) is 10.6 Å². The van der Waals surface area contributed by atoms with Gasteiger partial charge in [0.1, 0.15) is 5.75 Å². The molecule has 1 saturated heterocycles. The van der Waals surface area contributed by atoms with Crippen molar-refractivity contribution in [2.45, 2.75) is 19.3 Å². The summed E-state index contributed by atoms with van der Waals surface area (Å²) >= 11 is 1.38. The molecule has 1 aliphatic heterocycles. The van der Waals surface area contributed by atoms with E-state index in [9.17, 15) is 14.4 Å². The topological polar surface area (TPSA) is 87.7 Å². The van der Waals surface area contributed by atoms with Gasteiger partial charge >= 0.3 is 0 Å². The lowest BCUT2D eigenvalue weighted by Gasteiger charge is -2.31. The second-order valence-electron chi connectivity index (χ2n) is 8.06. The molecule has 0 saturated carbocycles. The van der Waals surface area contributed by atoms with Crippen LogP contribution in [0.15, 0.2) is 72.1 Å². The maximum Gasteiger partial charge on any atom is 0.265 e. The van der Waals surface area contributed by atoms with Crippen molar-refractivity contribution in [3.05, 3.63) is 77.0 Å². The van der Waals surface area contributed by atoms with Crippen molar-refractivity contribution < 1.29 is 19.1 Å². The fourth-order valence-electron chi connectivity index (χ4n) is 3.80. The van der Waals surface area contributed by atoms with Gasteiger partial charge in [0.05, 0.1) is 17.9 Å². The zero-order chi connectivity index (χ0) is 23.8. The third-order valence-corrected chi connectivity index (χ3v) is 6.57. The number of hydrogen-bond acceptors (Lipinski definition) is 5. The van der Waals surface area contributed by atoms with Gasteiger partial charge in [-0.2, -0.15) is 0 Å². The van der Waals surface area contributed by atoms with Crippen molar-refractivity contribution in [2.75, 3.05) is 30.3 Å². The number of anilines is 2. The highest BCUT2D eigenvalue weighted by Crippen LogP contribution is 2.22. The molecule has 0 aliphatic carbocycles. The molecular formula is C26H27N3O4S. The molecule has 2 N–H and O–H groups in total. The number of carbonyl (C=O) groups is 3. The standard InChI is InChI=1S/C26H27N3O4S/c30-24(14-17-33-22-5-2-1-3-6-22)29-15-12-19(13-16-29)25(31)27-20-8-10-21(11-9-20)28-26(32)23-7-4-18-34-23/h1-11,18-19H,12-17H2,(H,27,31)(H,28,32). The number of hydrogen-bond donors (Lipinski definition) is 2. The molecule has 3 amide bonds. The van der Waals surface area contributed by atoms with Crippen LogP contribution < -0.4 is 15.4 Å². The average molecular weight is 478 g/mol. The highest BCUT2D eigenvalue weighted by Gasteiger charge is 2.27. The molecule has 3 aromatic rings. The molecule has 8 heteroatoms. The van der Waals surface area contributed by atoms with Crippen LogP contribution >= 0.6 is 11.3 Å². The molecular weight excluding hydrogens is 450 g/mol. The van der Waals surface area contributed by atoms with Gasteiger partial charge in [0, 0.05) is 30.4 Å². The Hall–Kier alpha value is -3.65. The van der Waals surface area contributed by atoms with Crippen molar-refractivity contribution in [3.8, 4) is 5.75 Å². The fourth-order valence-corrected chi connectivity index (χ4v) is 4.42. The summed E-state index contributed by atoms with van der Waals surface area (Å²) in [5.41, 5.74) is 1.34. The molecule has 2 aromatic carbocycles. The van der Waals surface area contributed by atoms with Crippen molar-refractivity contribution in [3.63, 3.8) is 0 Å². The van der Waals surface area contributed by atoms with Gasteiger partial charge in [0.15, 0.2) is 0 Å². The fraction of sp³-hybridized carbons (Fsp3) is 0.269. The lowest BCUT2D eigenvalue weighted by molar-refractivity contribution is -0.135. The molecule has 4 rings (SSSR count). The van der Waals surface area contributed by atoms with Gasteiger partial charge in [-0.05, 0) is 60.7 Å². The third kappa shape index (κ3) is 6.45. The minimum atomic E-state index is -0.153. The minimum Gasteiger partial charge on any atom is -0.493 e. The van der Waals surface area contributed by atoms with Crippen LogP contribution in [0.25, 0.3) is 0 Å². The lowest BCUT2D eigenvalue weighted by Crippen LogP contribution is -2.41. The van der Waals surface area contributed by atoms with Crippen LogP contribution in [0.2, 0.25) is 0 Å². The first kappa shape index (κ1) is 23.5. The molecule has 0 radical (unpaired) electrons. The van der Waals surface area contributed by atoms with Crippen LogP contribution in [0.4, 0.5) is 11.4 Å². The van der Waals surface area contributed by atoms with Crippen molar-refractivity contribution in [2.24, 2.45) is 5.92 Å². The summed E-state index contributed by atoms with van der Waals surface area (Å²) in [5.74, 6) is 0.469. The SMILES string of the molecule is O=C(Nc1ccc(NC(=O)C2CCN(C(=O)CCOc3ccccc3)CC2)cc1)c1cccs1. The first-order chi connectivity index (χ1) is 16.6. The molecule has 2 heterocycles. The number of amides is 3. The summed E-state index contributed by atoms with van der Waals surface area (Å²) in [6.45, 7) is 1.47. The molecule has 34 heavy (non-hydrogen) atoms. The summed E-state index contributed by atoms with van der Waals surface area (Å²) in [6.07, 6.45) is 1.58. The average Bonchev–Trinajstić information content (AvgIpc) is 3.41. The van der Waals surface area contributed by atoms with Crippen molar-refractivity contribution in [1.29, 1.82) is 0 Å². The minimum absolute atomic E-state index is 0.0464. The van der Waals surface area contributed by atoms with Crippen LogP contribution in [0.1, 0.15) is 28.9 Å². The number of carbonyl (C=O) groups excluding carboxylic acids is 3. The summed E-state index contributed by atoms with van der Waals surface area (Å²) in [7, 11) is 0. The first-order valence-electron chi connectivity index (χ1n) is 11.3. The van der Waals surface area contributed by atoms with E-state index in [1.807, 2.05) is 46.7 Å². The van der Waals surface area contributed by atoms with Crippen molar-refractivity contribution >= 4 is 40.4 Å². The highest BCUT2D eigenvalue weighted by molar-refractivity contribution is 7.12. The maximum absolute atomic E-state index is 12.7. The van der Waals surface area contributed by atoms with Gasteiger partial charge in [-0.25, -0.2) is 0 Å². The maximum atomic E-state index is 12.7. The van der Waals surface area contributed by atoms with Crippen LogP contribution in [0.5, 0.6) is 5.75 Å². The van der Waals surface area contributed by atoms with Gasteiger partial charge < -0.3 is 20.3 Å². The quantitative estimate of drug-likeness (QED) is 0.495. The Labute approximate surface area is 202 Å². The number of likely N-dealkylation sites (tertiary alicyclic amines) is 1. The normalized spacial score (nSPS) is 13.8. The number of thiophene rings is 1. The smallest absolute Gasteiger partial charge is 0.265 e. The van der Waals surface area contributed by atoms with E-state index in [1.165, 1.54) is 11.3 Å². The molecule has 1 aliphatic rings. The number of rotatable bonds is 8. The van der Waals surface area contributed by atoms with E-state index in [4.69, 9.17) is 4.74 Å². The van der Waals surface area contributed by atoms with E-state index >= 15 is 0 Å². The number of nitrogens with zero attached hydrogens (tertiary/aromatic N) is 1. The Morgan fingerprint density at radius 1 is 0.882 bits per heavy atom. The van der Waals surface area contributed by atoms with E-state index in [0.717, 1.165) is 5.75 Å². The third-order valence-electron chi connectivity index (χ3n) is 5.70. The number of benzene rings is 2. The second kappa shape index (κ2) is 11.5. The number of piperidine rings is 1. The van der Waals surface area contributed by atoms with Crippen LogP contribution in [-0.2, 0) is 9.59 Å². The zero-order valence-corrected chi connectivity index (χ0v) is 19.6. The molecule has 7 nitrogen and oxygen atoms in total. The lowest BCUT2D eigenvalue weighted by atomic mass is 9.95.